The van der Waals surface area contributed by atoms with E-state index in [0.717, 1.165) is 25.7 Å². The third-order valence-corrected chi connectivity index (χ3v) is 24.8. The van der Waals surface area contributed by atoms with E-state index in [1.165, 1.54) is 55.6 Å². The van der Waals surface area contributed by atoms with Gasteiger partial charge < -0.3 is 0 Å². The summed E-state index contributed by atoms with van der Waals surface area (Å²) in [6.45, 7) is 14.5. The van der Waals surface area contributed by atoms with Gasteiger partial charge >= 0.3 is 349 Å². The van der Waals surface area contributed by atoms with Crippen LogP contribution >= 0.6 is 0 Å². The molecule has 0 nitrogen and oxygen atoms in total. The molecule has 0 N–H and O–H groups in total. The second-order valence-electron chi connectivity index (χ2n) is 17.0. The number of fused-ring (bicyclic) bond motifs is 5. The van der Waals surface area contributed by atoms with E-state index in [1.54, 1.807) is 35.9 Å². The van der Waals surface area contributed by atoms with Crippen molar-refractivity contribution in [2.75, 3.05) is 0 Å². The molecule has 0 radical (unpaired) electrons. The van der Waals surface area contributed by atoms with Gasteiger partial charge in [-0.05, 0) is 0 Å². The Labute approximate surface area is 346 Å². The van der Waals surface area contributed by atoms with Crippen molar-refractivity contribution >= 4 is 35.3 Å². The number of hydrogen-bond donors (Lipinski definition) is 0. The zero-order chi connectivity index (χ0) is 38.5. The van der Waals surface area contributed by atoms with Crippen LogP contribution in [-0.4, -0.2) is 9.52 Å². The molecule has 9 rings (SSSR count). The number of benzene rings is 6. The van der Waals surface area contributed by atoms with E-state index >= 15 is 0 Å². The Bertz CT molecular complexity index is 2390. The molecule has 0 fully saturated rings. The van der Waals surface area contributed by atoms with Gasteiger partial charge in [0, 0.05) is 0 Å². The van der Waals surface area contributed by atoms with Crippen molar-refractivity contribution in [2.45, 2.75) is 74.5 Å². The fraction of sp³-hybridized carbons (Fsp3) is 0.259. The molecule has 0 amide bonds. The van der Waals surface area contributed by atoms with Gasteiger partial charge in [-0.15, -0.1) is 0 Å². The molecule has 0 saturated carbocycles. The fourth-order valence-electron chi connectivity index (χ4n) is 10.5. The zero-order valence-electron chi connectivity index (χ0n) is 34.1. The predicted octanol–water partition coefficient (Wildman–Crippen LogP) is 11.9. The Morgan fingerprint density at radius 3 is 1.45 bits per heavy atom. The maximum absolute atomic E-state index is 2.88. The molecule has 279 valence electrons. The van der Waals surface area contributed by atoms with Crippen LogP contribution in [0.3, 0.4) is 0 Å². The van der Waals surface area contributed by atoms with Crippen LogP contribution in [0.5, 0.6) is 0 Å². The third-order valence-electron chi connectivity index (χ3n) is 13.0. The van der Waals surface area contributed by atoms with E-state index < -0.39 is 31.3 Å². The van der Waals surface area contributed by atoms with Gasteiger partial charge in [-0.25, -0.2) is 0 Å². The monoisotopic (exact) mass is 821 g/mol. The summed E-state index contributed by atoms with van der Waals surface area (Å²) in [6.07, 6.45) is 9.90. The minimum absolute atomic E-state index is 0.462. The van der Waals surface area contributed by atoms with Crippen molar-refractivity contribution in [2.24, 2.45) is 11.8 Å². The van der Waals surface area contributed by atoms with Crippen molar-refractivity contribution in [1.29, 1.82) is 0 Å². The van der Waals surface area contributed by atoms with E-state index in [9.17, 15) is 0 Å². The van der Waals surface area contributed by atoms with E-state index in [-0.39, 0.29) is 0 Å². The topological polar surface area (TPSA) is 0 Å². The Kier molecular flexibility index (Phi) is 10.5. The molecule has 1 heterocycles. The summed E-state index contributed by atoms with van der Waals surface area (Å²) >= 11 is -2.88. The van der Waals surface area contributed by atoms with E-state index in [4.69, 9.17) is 0 Å². The Morgan fingerprint density at radius 1 is 0.482 bits per heavy atom. The zero-order valence-corrected chi connectivity index (χ0v) is 38.0. The first-order valence-electron chi connectivity index (χ1n) is 21.3. The third kappa shape index (κ3) is 6.37. The average Bonchev–Trinajstić information content (AvgIpc) is 3.92. The normalized spacial score (nSPS) is 16.9. The Hall–Kier alpha value is -4.10. The van der Waals surface area contributed by atoms with E-state index in [1.807, 2.05) is 0 Å². The summed E-state index contributed by atoms with van der Waals surface area (Å²) in [6, 6.07) is 50.0. The number of aryl methyl sites for hydroxylation is 2. The fourth-order valence-corrected chi connectivity index (χ4v) is 25.2. The van der Waals surface area contributed by atoms with Crippen molar-refractivity contribution in [1.82, 2.24) is 0 Å². The summed E-state index contributed by atoms with van der Waals surface area (Å²) in [5.41, 5.74) is 21.2. The van der Waals surface area contributed by atoms with Crippen molar-refractivity contribution in [3.8, 4) is 33.4 Å². The van der Waals surface area contributed by atoms with Crippen molar-refractivity contribution < 1.29 is 21.8 Å². The first kappa shape index (κ1) is 37.5. The number of rotatable bonds is 11. The molecule has 0 saturated heterocycles. The molecule has 6 aromatic carbocycles. The number of hydrogen-bond acceptors (Lipinski definition) is 0. The van der Waals surface area contributed by atoms with Crippen LogP contribution in [0, 0.1) is 11.8 Å². The molecule has 0 spiro atoms. The van der Waals surface area contributed by atoms with Crippen LogP contribution in [-0.2, 0) is 34.6 Å². The second kappa shape index (κ2) is 15.7. The quantitative estimate of drug-likeness (QED) is 0.114. The van der Waals surface area contributed by atoms with Crippen LogP contribution in [0.15, 0.2) is 139 Å². The molecule has 2 atom stereocenters. The standard InChI is InChI=1S/2C21H23.C12H9Si.Zr/c2*1-4-8-16-9-5-6-11-19(16)20-12-7-10-17-13-18(15(2)3)14-21(17)20;1-3-7-11-9(5-1)10-6-2-4-8-12(10)13-11;/h2*5-7,9-15H,4,8H2,1-3H3;1-7H,13H2;. The van der Waals surface area contributed by atoms with Gasteiger partial charge in [-0.2, -0.15) is 0 Å². The van der Waals surface area contributed by atoms with Gasteiger partial charge in [0.2, 0.25) is 0 Å². The van der Waals surface area contributed by atoms with Gasteiger partial charge in [0.1, 0.15) is 0 Å². The molecular formula is C54H55SiZr. The summed E-state index contributed by atoms with van der Waals surface area (Å²) in [5, 5.41) is 3.38. The average molecular weight is 823 g/mol. The van der Waals surface area contributed by atoms with E-state index in [0.29, 0.717) is 19.1 Å². The number of allylic oxidation sites excluding steroid dienone is 2. The van der Waals surface area contributed by atoms with Crippen LogP contribution < -0.4 is 13.6 Å². The Balaban J connectivity index is 1.31. The summed E-state index contributed by atoms with van der Waals surface area (Å²) in [5.74, 6) is 0.931. The molecule has 0 aromatic heterocycles. The molecule has 6 aromatic rings. The van der Waals surface area contributed by atoms with Gasteiger partial charge in [-0.1, -0.05) is 0 Å². The molecule has 2 heteroatoms. The van der Waals surface area contributed by atoms with Crippen LogP contribution in [0.2, 0.25) is 0 Å². The first-order chi connectivity index (χ1) is 27.4. The summed E-state index contributed by atoms with van der Waals surface area (Å²) in [4.78, 5) is 0. The summed E-state index contributed by atoms with van der Waals surface area (Å²) < 4.78 is 2.71. The molecular weight excluding hydrogens is 768 g/mol. The molecule has 56 heavy (non-hydrogen) atoms. The van der Waals surface area contributed by atoms with Crippen LogP contribution in [0.4, 0.5) is 0 Å². The molecule has 0 bridgehead atoms. The minimum atomic E-state index is -2.88. The van der Waals surface area contributed by atoms with Crippen LogP contribution in [0.25, 0.3) is 45.5 Å². The molecule has 2 aliphatic carbocycles. The molecule has 1 aliphatic heterocycles. The summed E-state index contributed by atoms with van der Waals surface area (Å²) in [7, 11) is -0.621. The molecule has 2 unspecified atom stereocenters. The van der Waals surface area contributed by atoms with Gasteiger partial charge in [-0.3, -0.25) is 0 Å². The Morgan fingerprint density at radius 2 is 0.929 bits per heavy atom. The predicted molar refractivity (Wildman–Crippen MR) is 242 cm³/mol. The van der Waals surface area contributed by atoms with Gasteiger partial charge in [0.25, 0.3) is 0 Å². The van der Waals surface area contributed by atoms with Gasteiger partial charge in [0.15, 0.2) is 0 Å². The van der Waals surface area contributed by atoms with Crippen LogP contribution in [0.1, 0.15) is 95.0 Å². The maximum atomic E-state index is 2.69. The first-order valence-corrected chi connectivity index (χ1v) is 26.8. The van der Waals surface area contributed by atoms with Gasteiger partial charge in [0.05, 0.1) is 0 Å². The molecule has 3 aliphatic rings. The van der Waals surface area contributed by atoms with Crippen molar-refractivity contribution in [3.05, 3.63) is 172 Å². The van der Waals surface area contributed by atoms with E-state index in [2.05, 4.69) is 181 Å². The van der Waals surface area contributed by atoms with Crippen molar-refractivity contribution in [3.63, 3.8) is 0 Å². The second-order valence-corrected chi connectivity index (χ2v) is 25.2. The SMILES string of the molecule is CCCc1ccccc1-c1cccc2c1C=C(C(C)C)[CH]2[Zr]([c]1cccc2c1[SiH2]c1ccccc1-2)[CH]1C(C(C)C)=Cc2c(-c3ccccc3CCC)cccc21.